The Balaban J connectivity index is 2.26. The predicted molar refractivity (Wildman–Crippen MR) is 45.2 cm³/mol. The Hall–Kier alpha value is -0.530. The van der Waals surface area contributed by atoms with Crippen molar-refractivity contribution < 1.29 is 4.79 Å². The fourth-order valence-corrected chi connectivity index (χ4v) is 1.88. The Morgan fingerprint density at radius 1 is 1.36 bits per heavy atom. The number of hydrogen-bond acceptors (Lipinski definition) is 1. The van der Waals surface area contributed by atoms with Gasteiger partial charge in [-0.25, -0.2) is 0 Å². The molecule has 0 radical (unpaired) electrons. The Morgan fingerprint density at radius 2 is 2.00 bits per heavy atom. The van der Waals surface area contributed by atoms with Crippen LogP contribution in [0.4, 0.5) is 0 Å². The van der Waals surface area contributed by atoms with E-state index in [0.29, 0.717) is 6.04 Å². The van der Waals surface area contributed by atoms with Gasteiger partial charge in [-0.3, -0.25) is 4.79 Å². The van der Waals surface area contributed by atoms with E-state index >= 15 is 0 Å². The zero-order valence-corrected chi connectivity index (χ0v) is 7.18. The van der Waals surface area contributed by atoms with Crippen molar-refractivity contribution >= 4 is 6.41 Å². The van der Waals surface area contributed by atoms with Crippen LogP contribution >= 0.6 is 0 Å². The molecule has 0 bridgehead atoms. The third kappa shape index (κ3) is 2.52. The highest BCUT2D eigenvalue weighted by atomic mass is 16.1. The first kappa shape index (κ1) is 8.57. The summed E-state index contributed by atoms with van der Waals surface area (Å²) in [7, 11) is 0. The number of carbonyl (C=O) groups is 1. The Labute approximate surface area is 68.4 Å². The molecule has 0 aromatic rings. The molecular weight excluding hydrogens is 138 g/mol. The van der Waals surface area contributed by atoms with Crippen molar-refractivity contribution in [2.75, 3.05) is 0 Å². The van der Waals surface area contributed by atoms with E-state index in [1.54, 1.807) is 0 Å². The molecule has 1 fully saturated rings. The van der Waals surface area contributed by atoms with E-state index in [1.807, 2.05) is 0 Å². The SMILES string of the molecule is CC(NC=O)C1CCCCC1. The summed E-state index contributed by atoms with van der Waals surface area (Å²) in [6, 6.07) is 0.382. The van der Waals surface area contributed by atoms with E-state index in [4.69, 9.17) is 0 Å². The maximum Gasteiger partial charge on any atom is 0.207 e. The van der Waals surface area contributed by atoms with Crippen LogP contribution in [-0.4, -0.2) is 12.5 Å². The number of nitrogens with one attached hydrogen (secondary N) is 1. The van der Waals surface area contributed by atoms with Gasteiger partial charge in [-0.05, 0) is 25.7 Å². The maximum absolute atomic E-state index is 10.1. The fraction of sp³-hybridized carbons (Fsp3) is 0.889. The first-order valence-electron chi connectivity index (χ1n) is 4.54. The molecule has 0 aromatic heterocycles. The second-order valence-corrected chi connectivity index (χ2v) is 3.47. The van der Waals surface area contributed by atoms with Gasteiger partial charge in [-0.1, -0.05) is 19.3 Å². The summed E-state index contributed by atoms with van der Waals surface area (Å²) in [6.07, 6.45) is 7.47. The molecule has 2 nitrogen and oxygen atoms in total. The number of carbonyl (C=O) groups excluding carboxylic acids is 1. The van der Waals surface area contributed by atoms with E-state index in [9.17, 15) is 4.79 Å². The zero-order valence-electron chi connectivity index (χ0n) is 7.18. The van der Waals surface area contributed by atoms with Gasteiger partial charge in [0.25, 0.3) is 0 Å². The van der Waals surface area contributed by atoms with Gasteiger partial charge >= 0.3 is 0 Å². The Kier molecular flexibility index (Phi) is 3.40. The molecule has 0 heterocycles. The molecule has 1 unspecified atom stereocenters. The van der Waals surface area contributed by atoms with Crippen LogP contribution < -0.4 is 5.32 Å². The lowest BCUT2D eigenvalue weighted by molar-refractivity contribution is -0.110. The highest BCUT2D eigenvalue weighted by Gasteiger charge is 2.18. The molecule has 1 atom stereocenters. The molecule has 2 heteroatoms. The minimum absolute atomic E-state index is 0.382. The summed E-state index contributed by atoms with van der Waals surface area (Å²) in [5, 5.41) is 2.83. The maximum atomic E-state index is 10.1. The normalized spacial score (nSPS) is 22.6. The van der Waals surface area contributed by atoms with Gasteiger partial charge in [0.1, 0.15) is 0 Å². The van der Waals surface area contributed by atoms with Crippen LogP contribution in [-0.2, 0) is 4.79 Å². The largest absolute Gasteiger partial charge is 0.356 e. The first-order chi connectivity index (χ1) is 5.34. The van der Waals surface area contributed by atoms with Crippen LogP contribution in [0, 0.1) is 5.92 Å². The van der Waals surface area contributed by atoms with Crippen molar-refractivity contribution in [1.29, 1.82) is 0 Å². The van der Waals surface area contributed by atoms with Crippen LogP contribution in [0.5, 0.6) is 0 Å². The topological polar surface area (TPSA) is 29.1 Å². The molecule has 0 saturated heterocycles. The monoisotopic (exact) mass is 155 g/mol. The summed E-state index contributed by atoms with van der Waals surface area (Å²) in [6.45, 7) is 2.10. The van der Waals surface area contributed by atoms with Crippen LogP contribution in [0.2, 0.25) is 0 Å². The van der Waals surface area contributed by atoms with Gasteiger partial charge in [-0.15, -0.1) is 0 Å². The van der Waals surface area contributed by atoms with Crippen LogP contribution in [0.3, 0.4) is 0 Å². The van der Waals surface area contributed by atoms with E-state index in [0.717, 1.165) is 12.3 Å². The fourth-order valence-electron chi connectivity index (χ4n) is 1.88. The molecule has 1 amide bonds. The van der Waals surface area contributed by atoms with Gasteiger partial charge in [0.05, 0.1) is 0 Å². The van der Waals surface area contributed by atoms with Crippen molar-refractivity contribution in [3.8, 4) is 0 Å². The summed E-state index contributed by atoms with van der Waals surface area (Å²) >= 11 is 0. The van der Waals surface area contributed by atoms with Crippen molar-refractivity contribution in [1.82, 2.24) is 5.32 Å². The quantitative estimate of drug-likeness (QED) is 0.617. The first-order valence-corrected chi connectivity index (χ1v) is 4.54. The number of hydrogen-bond donors (Lipinski definition) is 1. The molecule has 1 N–H and O–H groups in total. The third-order valence-corrected chi connectivity index (χ3v) is 2.69. The molecule has 1 aliphatic rings. The summed E-state index contributed by atoms with van der Waals surface area (Å²) in [4.78, 5) is 10.1. The molecule has 1 aliphatic carbocycles. The van der Waals surface area contributed by atoms with E-state index in [-0.39, 0.29) is 0 Å². The van der Waals surface area contributed by atoms with Crippen molar-refractivity contribution in [2.24, 2.45) is 5.92 Å². The summed E-state index contributed by atoms with van der Waals surface area (Å²) in [5.74, 6) is 0.731. The minimum Gasteiger partial charge on any atom is -0.356 e. The van der Waals surface area contributed by atoms with Crippen molar-refractivity contribution in [2.45, 2.75) is 45.1 Å². The van der Waals surface area contributed by atoms with Gasteiger partial charge in [-0.2, -0.15) is 0 Å². The van der Waals surface area contributed by atoms with Crippen LogP contribution in [0.15, 0.2) is 0 Å². The zero-order chi connectivity index (χ0) is 8.10. The molecule has 0 aromatic carbocycles. The molecule has 1 saturated carbocycles. The van der Waals surface area contributed by atoms with E-state index in [2.05, 4.69) is 12.2 Å². The lowest BCUT2D eigenvalue weighted by atomic mass is 9.85. The molecule has 64 valence electrons. The molecule has 0 spiro atoms. The van der Waals surface area contributed by atoms with Gasteiger partial charge in [0, 0.05) is 6.04 Å². The van der Waals surface area contributed by atoms with E-state index < -0.39 is 0 Å². The Bertz CT molecular complexity index is 119. The summed E-state index contributed by atoms with van der Waals surface area (Å²) in [5.41, 5.74) is 0. The Morgan fingerprint density at radius 3 is 2.55 bits per heavy atom. The predicted octanol–water partition coefficient (Wildman–Crippen LogP) is 1.70. The highest BCUT2D eigenvalue weighted by Crippen LogP contribution is 2.25. The van der Waals surface area contributed by atoms with Gasteiger partial charge < -0.3 is 5.32 Å². The lowest BCUT2D eigenvalue weighted by Crippen LogP contribution is -2.33. The van der Waals surface area contributed by atoms with Crippen LogP contribution in [0.25, 0.3) is 0 Å². The highest BCUT2D eigenvalue weighted by molar-refractivity contribution is 5.46. The second kappa shape index (κ2) is 4.37. The molecular formula is C9H17NO. The summed E-state index contributed by atoms with van der Waals surface area (Å²) < 4.78 is 0. The van der Waals surface area contributed by atoms with Gasteiger partial charge in [0.2, 0.25) is 6.41 Å². The van der Waals surface area contributed by atoms with Crippen molar-refractivity contribution in [3.05, 3.63) is 0 Å². The smallest absolute Gasteiger partial charge is 0.207 e. The second-order valence-electron chi connectivity index (χ2n) is 3.47. The standard InChI is InChI=1S/C9H17NO/c1-8(10-7-11)9-5-3-2-4-6-9/h7-9H,2-6H2,1H3,(H,10,11). The average molecular weight is 155 g/mol. The third-order valence-electron chi connectivity index (χ3n) is 2.69. The average Bonchev–Trinajstić information content (AvgIpc) is 2.07. The number of amides is 1. The minimum atomic E-state index is 0.382. The number of rotatable bonds is 3. The molecule has 11 heavy (non-hydrogen) atoms. The van der Waals surface area contributed by atoms with Gasteiger partial charge in [0.15, 0.2) is 0 Å². The molecule has 1 rings (SSSR count). The molecule has 0 aliphatic heterocycles. The van der Waals surface area contributed by atoms with Crippen molar-refractivity contribution in [3.63, 3.8) is 0 Å². The lowest BCUT2D eigenvalue weighted by Gasteiger charge is -2.26. The van der Waals surface area contributed by atoms with E-state index in [1.165, 1.54) is 32.1 Å². The van der Waals surface area contributed by atoms with Crippen LogP contribution in [0.1, 0.15) is 39.0 Å².